The highest BCUT2D eigenvalue weighted by atomic mass is 19.1. The molecule has 0 aliphatic carbocycles. The average Bonchev–Trinajstić information content (AvgIpc) is 2.77. The Kier molecular flexibility index (Phi) is 3.71. The maximum Gasteiger partial charge on any atom is 0.181 e. The fourth-order valence-corrected chi connectivity index (χ4v) is 1.80. The van der Waals surface area contributed by atoms with Crippen LogP contribution in [0.15, 0.2) is 29.0 Å². The maximum absolute atomic E-state index is 13.4. The summed E-state index contributed by atoms with van der Waals surface area (Å²) in [5.74, 6) is 0.362. The lowest BCUT2D eigenvalue weighted by Crippen LogP contribution is -2.35. The molecule has 4 heteroatoms. The number of oxazole rings is 1. The zero-order chi connectivity index (χ0) is 14.0. The molecule has 102 valence electrons. The second kappa shape index (κ2) is 5.13. The molecule has 1 aromatic carbocycles. The molecule has 0 saturated heterocycles. The first kappa shape index (κ1) is 13.7. The Bertz CT molecular complexity index is 570. The summed E-state index contributed by atoms with van der Waals surface area (Å²) in [7, 11) is 0. The number of aromatic nitrogens is 1. The topological polar surface area (TPSA) is 38.1 Å². The number of halogens is 1. The number of nitrogens with one attached hydrogen (secondary N) is 1. The molecule has 1 N–H and O–H groups in total. The SMILES string of the molecule is Cc1ccc(F)cc1-c1ocnc1CNC(C)(C)C. The lowest BCUT2D eigenvalue weighted by Gasteiger charge is -2.20. The number of hydrogen-bond donors (Lipinski definition) is 1. The molecule has 0 unspecified atom stereocenters. The zero-order valence-corrected chi connectivity index (χ0v) is 11.7. The van der Waals surface area contributed by atoms with Crippen LogP contribution in [0.5, 0.6) is 0 Å². The van der Waals surface area contributed by atoms with Crippen LogP contribution in [0.25, 0.3) is 11.3 Å². The van der Waals surface area contributed by atoms with Crippen LogP contribution in [0, 0.1) is 12.7 Å². The van der Waals surface area contributed by atoms with Crippen molar-refractivity contribution in [1.29, 1.82) is 0 Å². The lowest BCUT2D eigenvalue weighted by atomic mass is 10.0. The van der Waals surface area contributed by atoms with Crippen LogP contribution in [0.4, 0.5) is 4.39 Å². The normalized spacial score (nSPS) is 11.8. The maximum atomic E-state index is 13.4. The van der Waals surface area contributed by atoms with E-state index in [1.807, 2.05) is 6.92 Å². The van der Waals surface area contributed by atoms with E-state index in [1.54, 1.807) is 6.07 Å². The van der Waals surface area contributed by atoms with E-state index in [-0.39, 0.29) is 11.4 Å². The minimum absolute atomic E-state index is 0.00674. The highest BCUT2D eigenvalue weighted by molar-refractivity contribution is 5.63. The highest BCUT2D eigenvalue weighted by Crippen LogP contribution is 2.27. The van der Waals surface area contributed by atoms with Gasteiger partial charge in [-0.05, 0) is 45.4 Å². The van der Waals surface area contributed by atoms with Gasteiger partial charge >= 0.3 is 0 Å². The molecule has 0 atom stereocenters. The van der Waals surface area contributed by atoms with Crippen LogP contribution in [-0.2, 0) is 6.54 Å². The minimum Gasteiger partial charge on any atom is -0.443 e. The highest BCUT2D eigenvalue weighted by Gasteiger charge is 2.16. The zero-order valence-electron chi connectivity index (χ0n) is 11.7. The molecular weight excluding hydrogens is 243 g/mol. The lowest BCUT2D eigenvalue weighted by molar-refractivity contribution is 0.421. The van der Waals surface area contributed by atoms with E-state index in [2.05, 4.69) is 31.1 Å². The van der Waals surface area contributed by atoms with Crippen molar-refractivity contribution >= 4 is 0 Å². The van der Waals surface area contributed by atoms with Crippen LogP contribution in [0.3, 0.4) is 0 Å². The average molecular weight is 262 g/mol. The van der Waals surface area contributed by atoms with Crippen LogP contribution in [0.1, 0.15) is 32.0 Å². The number of rotatable bonds is 3. The monoisotopic (exact) mass is 262 g/mol. The second-order valence-electron chi connectivity index (χ2n) is 5.69. The molecule has 0 bridgehead atoms. The van der Waals surface area contributed by atoms with E-state index in [9.17, 15) is 4.39 Å². The van der Waals surface area contributed by atoms with Gasteiger partial charge < -0.3 is 9.73 Å². The molecule has 2 aromatic rings. The standard InChI is InChI=1S/C15H19FN2O/c1-10-5-6-11(16)7-12(10)14-13(17-9-19-14)8-18-15(2,3)4/h5-7,9,18H,8H2,1-4H3. The minimum atomic E-state index is -0.272. The summed E-state index contributed by atoms with van der Waals surface area (Å²) >= 11 is 0. The number of nitrogens with zero attached hydrogens (tertiary/aromatic N) is 1. The van der Waals surface area contributed by atoms with Gasteiger partial charge in [0.2, 0.25) is 0 Å². The summed E-state index contributed by atoms with van der Waals surface area (Å²) in [6.45, 7) is 8.77. The van der Waals surface area contributed by atoms with Crippen molar-refractivity contribution in [2.45, 2.75) is 39.8 Å². The van der Waals surface area contributed by atoms with Gasteiger partial charge in [0.25, 0.3) is 0 Å². The van der Waals surface area contributed by atoms with Gasteiger partial charge in [-0.1, -0.05) is 6.07 Å². The van der Waals surface area contributed by atoms with Crippen molar-refractivity contribution in [3.05, 3.63) is 41.7 Å². The van der Waals surface area contributed by atoms with Gasteiger partial charge in [0.15, 0.2) is 12.2 Å². The number of aryl methyl sites for hydroxylation is 1. The van der Waals surface area contributed by atoms with Crippen molar-refractivity contribution in [3.8, 4) is 11.3 Å². The summed E-state index contributed by atoms with van der Waals surface area (Å²) in [6, 6.07) is 4.67. The molecule has 1 aromatic heterocycles. The van der Waals surface area contributed by atoms with E-state index in [4.69, 9.17) is 4.42 Å². The quantitative estimate of drug-likeness (QED) is 0.917. The smallest absolute Gasteiger partial charge is 0.181 e. The van der Waals surface area contributed by atoms with Crippen molar-refractivity contribution in [2.24, 2.45) is 0 Å². The Morgan fingerprint density at radius 2 is 2.05 bits per heavy atom. The molecule has 0 radical (unpaired) electrons. The Hall–Kier alpha value is -1.68. The van der Waals surface area contributed by atoms with Crippen LogP contribution in [0.2, 0.25) is 0 Å². The van der Waals surface area contributed by atoms with E-state index >= 15 is 0 Å². The van der Waals surface area contributed by atoms with Crippen LogP contribution >= 0.6 is 0 Å². The van der Waals surface area contributed by atoms with E-state index in [1.165, 1.54) is 18.5 Å². The van der Waals surface area contributed by atoms with Gasteiger partial charge in [0, 0.05) is 17.6 Å². The van der Waals surface area contributed by atoms with E-state index in [0.717, 1.165) is 16.8 Å². The van der Waals surface area contributed by atoms with Crippen molar-refractivity contribution < 1.29 is 8.81 Å². The van der Waals surface area contributed by atoms with Gasteiger partial charge in [-0.25, -0.2) is 9.37 Å². The van der Waals surface area contributed by atoms with E-state index in [0.29, 0.717) is 12.3 Å². The van der Waals surface area contributed by atoms with E-state index < -0.39 is 0 Å². The van der Waals surface area contributed by atoms with Gasteiger partial charge in [0.05, 0.1) is 0 Å². The van der Waals surface area contributed by atoms with Crippen molar-refractivity contribution in [3.63, 3.8) is 0 Å². The molecule has 3 nitrogen and oxygen atoms in total. The van der Waals surface area contributed by atoms with Gasteiger partial charge in [-0.15, -0.1) is 0 Å². The first-order valence-corrected chi connectivity index (χ1v) is 6.31. The first-order chi connectivity index (χ1) is 8.87. The predicted octanol–water partition coefficient (Wildman–Crippen LogP) is 3.68. The second-order valence-corrected chi connectivity index (χ2v) is 5.69. The largest absolute Gasteiger partial charge is 0.443 e. The first-order valence-electron chi connectivity index (χ1n) is 6.31. The van der Waals surface area contributed by atoms with Crippen molar-refractivity contribution in [1.82, 2.24) is 10.3 Å². The van der Waals surface area contributed by atoms with Gasteiger partial charge in [-0.2, -0.15) is 0 Å². The number of hydrogen-bond acceptors (Lipinski definition) is 3. The summed E-state index contributed by atoms with van der Waals surface area (Å²) in [4.78, 5) is 4.21. The fourth-order valence-electron chi connectivity index (χ4n) is 1.80. The van der Waals surface area contributed by atoms with Gasteiger partial charge in [0.1, 0.15) is 11.5 Å². The molecule has 0 saturated carbocycles. The molecular formula is C15H19FN2O. The molecule has 0 aliphatic rings. The van der Waals surface area contributed by atoms with Crippen LogP contribution < -0.4 is 5.32 Å². The summed E-state index contributed by atoms with van der Waals surface area (Å²) in [5.41, 5.74) is 2.51. The molecule has 0 amide bonds. The summed E-state index contributed by atoms with van der Waals surface area (Å²) in [5, 5.41) is 3.35. The van der Waals surface area contributed by atoms with Crippen molar-refractivity contribution in [2.75, 3.05) is 0 Å². The molecule has 0 aliphatic heterocycles. The third-order valence-electron chi connectivity index (χ3n) is 2.87. The summed E-state index contributed by atoms with van der Waals surface area (Å²) in [6.07, 6.45) is 1.40. The predicted molar refractivity (Wildman–Crippen MR) is 73.2 cm³/mol. The molecule has 19 heavy (non-hydrogen) atoms. The third-order valence-corrected chi connectivity index (χ3v) is 2.87. The van der Waals surface area contributed by atoms with Gasteiger partial charge in [-0.3, -0.25) is 0 Å². The Balaban J connectivity index is 2.31. The molecule has 0 fully saturated rings. The summed E-state index contributed by atoms with van der Waals surface area (Å²) < 4.78 is 18.8. The third kappa shape index (κ3) is 3.41. The Morgan fingerprint density at radius 1 is 1.32 bits per heavy atom. The van der Waals surface area contributed by atoms with Crippen LogP contribution in [-0.4, -0.2) is 10.5 Å². The molecule has 0 spiro atoms. The molecule has 1 heterocycles. The Morgan fingerprint density at radius 3 is 2.74 bits per heavy atom. The Labute approximate surface area is 112 Å². The fraction of sp³-hybridized carbons (Fsp3) is 0.400. The number of benzene rings is 1. The molecule has 2 rings (SSSR count).